The van der Waals surface area contributed by atoms with Crippen molar-refractivity contribution in [1.82, 2.24) is 4.98 Å². The average molecular weight is 438 g/mol. The minimum Gasteiger partial charge on any atom is -0.264 e. The van der Waals surface area contributed by atoms with E-state index in [0.717, 1.165) is 0 Å². The highest BCUT2D eigenvalue weighted by molar-refractivity contribution is 7.25. The number of thiophene rings is 1. The van der Waals surface area contributed by atoms with Gasteiger partial charge in [0, 0.05) is 38.0 Å². The van der Waals surface area contributed by atoms with Crippen LogP contribution in [0.25, 0.3) is 64.0 Å². The van der Waals surface area contributed by atoms with Crippen molar-refractivity contribution < 1.29 is 0 Å². The van der Waals surface area contributed by atoms with E-state index in [2.05, 4.69) is 108 Å². The van der Waals surface area contributed by atoms with Gasteiger partial charge in [-0.1, -0.05) is 78.9 Å². The Balaban J connectivity index is 1.63. The van der Waals surface area contributed by atoms with Gasteiger partial charge in [-0.3, -0.25) is 4.98 Å². The van der Waals surface area contributed by atoms with Gasteiger partial charge in [0.1, 0.15) is 0 Å². The first kappa shape index (κ1) is 18.6. The number of rotatable bonds is 2. The van der Waals surface area contributed by atoms with E-state index in [1.165, 1.54) is 64.0 Å². The van der Waals surface area contributed by atoms with Crippen LogP contribution < -0.4 is 0 Å². The van der Waals surface area contributed by atoms with Gasteiger partial charge in [-0.25, -0.2) is 0 Å². The SMILES string of the molecule is c1ccc(-c2c3ccccc3c(-c3ccc4sc5ccccc5c4c3)c3cnccc23)cc1. The largest absolute Gasteiger partial charge is 0.264 e. The fraction of sp³-hybridized carbons (Fsp3) is 0. The fourth-order valence-electron chi connectivity index (χ4n) is 5.13. The second-order valence-corrected chi connectivity index (χ2v) is 9.48. The lowest BCUT2D eigenvalue weighted by Crippen LogP contribution is -1.91. The molecule has 0 saturated carbocycles. The van der Waals surface area contributed by atoms with Gasteiger partial charge < -0.3 is 0 Å². The first-order chi connectivity index (χ1) is 16.4. The predicted molar refractivity (Wildman–Crippen MR) is 143 cm³/mol. The van der Waals surface area contributed by atoms with Crippen LogP contribution in [0.1, 0.15) is 0 Å². The summed E-state index contributed by atoms with van der Waals surface area (Å²) in [5.74, 6) is 0. The van der Waals surface area contributed by atoms with Crippen molar-refractivity contribution in [2.24, 2.45) is 0 Å². The van der Waals surface area contributed by atoms with Gasteiger partial charge >= 0.3 is 0 Å². The zero-order valence-corrected chi connectivity index (χ0v) is 18.6. The molecule has 0 aliphatic carbocycles. The van der Waals surface area contributed by atoms with E-state index < -0.39 is 0 Å². The lowest BCUT2D eigenvalue weighted by atomic mass is 9.86. The Hall–Kier alpha value is -4.01. The van der Waals surface area contributed by atoms with Crippen molar-refractivity contribution in [3.8, 4) is 22.3 Å². The molecular formula is C31H19NS. The quantitative estimate of drug-likeness (QED) is 0.246. The van der Waals surface area contributed by atoms with Gasteiger partial charge in [0.05, 0.1) is 0 Å². The second-order valence-electron chi connectivity index (χ2n) is 8.39. The Morgan fingerprint density at radius 2 is 1.09 bits per heavy atom. The standard InChI is InChI=1S/C31H19NS/c1-2-8-20(9-3-1)30-23-11-4-5-12-24(23)31(27-19-32-17-16-25(27)30)21-14-15-29-26(18-21)22-10-6-7-13-28(22)33-29/h1-19H. The summed E-state index contributed by atoms with van der Waals surface area (Å²) in [5.41, 5.74) is 5.00. The molecule has 0 unspecified atom stereocenters. The molecule has 2 heterocycles. The highest BCUT2D eigenvalue weighted by atomic mass is 32.1. The number of benzene rings is 5. The Morgan fingerprint density at radius 3 is 1.91 bits per heavy atom. The summed E-state index contributed by atoms with van der Waals surface area (Å²) < 4.78 is 2.66. The highest BCUT2D eigenvalue weighted by Crippen LogP contribution is 2.44. The van der Waals surface area contributed by atoms with Crippen LogP contribution in [0.15, 0.2) is 116 Å². The van der Waals surface area contributed by atoms with Crippen LogP contribution in [0.5, 0.6) is 0 Å². The molecule has 0 spiro atoms. The molecule has 2 aromatic heterocycles. The average Bonchev–Trinajstić information content (AvgIpc) is 3.25. The smallest absolute Gasteiger partial charge is 0.0355 e. The molecule has 0 aliphatic rings. The van der Waals surface area contributed by atoms with Crippen molar-refractivity contribution in [3.63, 3.8) is 0 Å². The second kappa shape index (κ2) is 7.26. The van der Waals surface area contributed by atoms with Crippen LogP contribution >= 0.6 is 11.3 Å². The van der Waals surface area contributed by atoms with Gasteiger partial charge in [0.15, 0.2) is 0 Å². The van der Waals surface area contributed by atoms with Crippen LogP contribution in [0.4, 0.5) is 0 Å². The molecule has 0 N–H and O–H groups in total. The summed E-state index contributed by atoms with van der Waals surface area (Å²) in [4.78, 5) is 4.54. The number of hydrogen-bond acceptors (Lipinski definition) is 2. The summed E-state index contributed by atoms with van der Waals surface area (Å²) in [7, 11) is 0. The van der Waals surface area contributed by atoms with E-state index in [-0.39, 0.29) is 0 Å². The third-order valence-corrected chi connectivity index (χ3v) is 7.71. The zero-order valence-electron chi connectivity index (χ0n) is 17.8. The monoisotopic (exact) mass is 437 g/mol. The number of pyridine rings is 1. The summed E-state index contributed by atoms with van der Waals surface area (Å²) in [6.07, 6.45) is 3.93. The van der Waals surface area contributed by atoms with E-state index in [1.807, 2.05) is 23.7 Å². The number of nitrogens with zero attached hydrogens (tertiary/aromatic N) is 1. The molecule has 7 rings (SSSR count). The van der Waals surface area contributed by atoms with E-state index in [4.69, 9.17) is 0 Å². The molecule has 0 aliphatic heterocycles. The Labute approximate surface area is 195 Å². The molecule has 0 amide bonds. The third kappa shape index (κ3) is 2.81. The molecule has 0 saturated heterocycles. The van der Waals surface area contributed by atoms with Crippen LogP contribution in [-0.4, -0.2) is 4.98 Å². The summed E-state index contributed by atoms with van der Waals surface area (Å²) in [6, 6.07) is 37.2. The summed E-state index contributed by atoms with van der Waals surface area (Å²) in [5, 5.41) is 7.60. The van der Waals surface area contributed by atoms with Gasteiger partial charge in [0.2, 0.25) is 0 Å². The molecule has 0 atom stereocenters. The van der Waals surface area contributed by atoms with Gasteiger partial charge in [0.25, 0.3) is 0 Å². The van der Waals surface area contributed by atoms with Gasteiger partial charge in [-0.2, -0.15) is 0 Å². The van der Waals surface area contributed by atoms with Crippen molar-refractivity contribution >= 4 is 53.1 Å². The molecule has 0 fully saturated rings. The van der Waals surface area contributed by atoms with Crippen LogP contribution in [0, 0.1) is 0 Å². The third-order valence-electron chi connectivity index (χ3n) is 6.55. The predicted octanol–water partition coefficient (Wildman–Crippen LogP) is 9.09. The maximum absolute atomic E-state index is 4.54. The summed E-state index contributed by atoms with van der Waals surface area (Å²) >= 11 is 1.86. The van der Waals surface area contributed by atoms with Crippen LogP contribution in [0.2, 0.25) is 0 Å². The first-order valence-corrected chi connectivity index (χ1v) is 12.0. The number of fused-ring (bicyclic) bond motifs is 5. The van der Waals surface area contributed by atoms with Gasteiger partial charge in [-0.05, 0) is 62.7 Å². The lowest BCUT2D eigenvalue weighted by molar-refractivity contribution is 1.37. The van der Waals surface area contributed by atoms with Crippen LogP contribution in [-0.2, 0) is 0 Å². The molecular weight excluding hydrogens is 418 g/mol. The van der Waals surface area contributed by atoms with Crippen molar-refractivity contribution in [2.45, 2.75) is 0 Å². The van der Waals surface area contributed by atoms with Crippen molar-refractivity contribution in [2.75, 3.05) is 0 Å². The van der Waals surface area contributed by atoms with E-state index >= 15 is 0 Å². The Morgan fingerprint density at radius 1 is 0.455 bits per heavy atom. The zero-order chi connectivity index (χ0) is 21.8. The minimum atomic E-state index is 1.19. The fourth-order valence-corrected chi connectivity index (χ4v) is 6.22. The lowest BCUT2D eigenvalue weighted by Gasteiger charge is -2.17. The maximum atomic E-state index is 4.54. The maximum Gasteiger partial charge on any atom is 0.0355 e. The number of aromatic nitrogens is 1. The Kier molecular flexibility index (Phi) is 4.08. The van der Waals surface area contributed by atoms with Crippen molar-refractivity contribution in [3.05, 3.63) is 116 Å². The molecule has 33 heavy (non-hydrogen) atoms. The van der Waals surface area contributed by atoms with Crippen LogP contribution in [0.3, 0.4) is 0 Å². The normalized spacial score (nSPS) is 11.6. The first-order valence-electron chi connectivity index (χ1n) is 11.1. The topological polar surface area (TPSA) is 12.9 Å². The molecule has 7 aromatic rings. The molecule has 0 radical (unpaired) electrons. The number of hydrogen-bond donors (Lipinski definition) is 0. The molecule has 2 heteroatoms. The molecule has 0 bridgehead atoms. The van der Waals surface area contributed by atoms with E-state index in [0.29, 0.717) is 0 Å². The van der Waals surface area contributed by atoms with E-state index in [9.17, 15) is 0 Å². The Bertz CT molecular complexity index is 1760. The molecule has 154 valence electrons. The van der Waals surface area contributed by atoms with Crippen molar-refractivity contribution in [1.29, 1.82) is 0 Å². The molecule has 5 aromatic carbocycles. The van der Waals surface area contributed by atoms with Gasteiger partial charge in [-0.15, -0.1) is 11.3 Å². The highest BCUT2D eigenvalue weighted by Gasteiger charge is 2.17. The molecule has 1 nitrogen and oxygen atoms in total. The summed E-state index contributed by atoms with van der Waals surface area (Å²) in [6.45, 7) is 0. The van der Waals surface area contributed by atoms with E-state index in [1.54, 1.807) is 0 Å². The minimum absolute atomic E-state index is 1.19.